The summed E-state index contributed by atoms with van der Waals surface area (Å²) in [5.74, 6) is -0.00175. The number of sulfonamides is 1. The van der Waals surface area contributed by atoms with Crippen LogP contribution < -0.4 is 0 Å². The maximum atomic E-state index is 12.9. The monoisotopic (exact) mass is 410 g/mol. The summed E-state index contributed by atoms with van der Waals surface area (Å²) >= 11 is 1.32. The molecule has 2 aromatic rings. The number of hydrogen-bond acceptors (Lipinski definition) is 5. The Labute approximate surface area is 163 Å². The van der Waals surface area contributed by atoms with Crippen molar-refractivity contribution in [2.45, 2.75) is 41.7 Å². The molecule has 5 nitrogen and oxygen atoms in total. The molecule has 146 valence electrons. The van der Waals surface area contributed by atoms with Crippen LogP contribution in [0, 0.1) is 5.82 Å². The molecule has 0 aliphatic carbocycles. The lowest BCUT2D eigenvalue weighted by atomic mass is 10.1. The molecule has 0 saturated carbocycles. The second-order valence-electron chi connectivity index (χ2n) is 6.53. The van der Waals surface area contributed by atoms with Gasteiger partial charge in [-0.1, -0.05) is 25.0 Å². The minimum absolute atomic E-state index is 0.202. The van der Waals surface area contributed by atoms with E-state index in [1.807, 2.05) is 0 Å². The van der Waals surface area contributed by atoms with Crippen LogP contribution in [-0.4, -0.2) is 41.7 Å². The maximum Gasteiger partial charge on any atom is 0.244 e. The quantitative estimate of drug-likeness (QED) is 0.737. The van der Waals surface area contributed by atoms with Crippen LogP contribution in [0.4, 0.5) is 4.39 Å². The lowest BCUT2D eigenvalue weighted by Gasteiger charge is -2.19. The second kappa shape index (κ2) is 9.14. The Morgan fingerprint density at radius 1 is 1.07 bits per heavy atom. The number of benzene rings is 1. The summed E-state index contributed by atoms with van der Waals surface area (Å²) < 4.78 is 40.0. The molecule has 2 heterocycles. The van der Waals surface area contributed by atoms with Crippen LogP contribution in [0.1, 0.15) is 37.4 Å². The predicted octanol–water partition coefficient (Wildman–Crippen LogP) is 3.61. The van der Waals surface area contributed by atoms with Crippen LogP contribution in [0.25, 0.3) is 0 Å². The van der Waals surface area contributed by atoms with Crippen molar-refractivity contribution in [1.29, 1.82) is 0 Å². The first-order valence-corrected chi connectivity index (χ1v) is 11.4. The van der Waals surface area contributed by atoms with Gasteiger partial charge in [0.05, 0.1) is 11.1 Å². The number of aromatic nitrogens is 1. The Morgan fingerprint density at radius 3 is 2.33 bits per heavy atom. The van der Waals surface area contributed by atoms with Gasteiger partial charge in [0.2, 0.25) is 10.0 Å². The molecule has 1 saturated heterocycles. The lowest BCUT2D eigenvalue weighted by Crippen LogP contribution is -2.32. The fourth-order valence-electron chi connectivity index (χ4n) is 2.98. The topological polar surface area (TPSA) is 70.5 Å². The van der Waals surface area contributed by atoms with Gasteiger partial charge in [0.25, 0.3) is 0 Å². The molecule has 0 unspecified atom stereocenters. The van der Waals surface area contributed by atoms with Gasteiger partial charge in [0.1, 0.15) is 10.7 Å². The van der Waals surface area contributed by atoms with Crippen molar-refractivity contribution in [3.63, 3.8) is 0 Å². The van der Waals surface area contributed by atoms with Crippen LogP contribution in [0.5, 0.6) is 0 Å². The Balaban J connectivity index is 1.62. The van der Waals surface area contributed by atoms with Crippen molar-refractivity contribution in [1.82, 2.24) is 9.29 Å². The zero-order valence-electron chi connectivity index (χ0n) is 14.9. The van der Waals surface area contributed by atoms with Crippen molar-refractivity contribution in [3.8, 4) is 0 Å². The number of aliphatic hydroxyl groups excluding tert-OH is 1. The van der Waals surface area contributed by atoms with Gasteiger partial charge in [0, 0.05) is 25.0 Å². The highest BCUT2D eigenvalue weighted by atomic mass is 32.2. The Hall–Kier alpha value is -1.48. The van der Waals surface area contributed by atoms with Gasteiger partial charge in [0.15, 0.2) is 0 Å². The van der Waals surface area contributed by atoms with Gasteiger partial charge in [-0.2, -0.15) is 4.31 Å². The van der Waals surface area contributed by atoms with Gasteiger partial charge in [-0.3, -0.25) is 0 Å². The fourth-order valence-corrected chi connectivity index (χ4v) is 5.26. The van der Waals surface area contributed by atoms with E-state index in [9.17, 15) is 17.9 Å². The van der Waals surface area contributed by atoms with Crippen LogP contribution in [-0.2, 0) is 10.0 Å². The number of nitrogens with zero attached hydrogens (tertiary/aromatic N) is 2. The van der Waals surface area contributed by atoms with Gasteiger partial charge in [-0.05, 0) is 42.7 Å². The average Bonchev–Trinajstić information content (AvgIpc) is 2.97. The minimum Gasteiger partial charge on any atom is -0.388 e. The first-order chi connectivity index (χ1) is 13.0. The molecule has 1 aromatic heterocycles. The molecule has 1 aliphatic rings. The highest BCUT2D eigenvalue weighted by molar-refractivity contribution is 7.99. The Kier molecular flexibility index (Phi) is 6.86. The maximum absolute atomic E-state index is 12.9. The van der Waals surface area contributed by atoms with Crippen LogP contribution in [0.15, 0.2) is 52.5 Å². The number of thioether (sulfide) groups is 1. The molecule has 0 amide bonds. The molecule has 27 heavy (non-hydrogen) atoms. The molecule has 1 aromatic carbocycles. The predicted molar refractivity (Wildman–Crippen MR) is 104 cm³/mol. The lowest BCUT2D eigenvalue weighted by molar-refractivity contribution is 0.204. The summed E-state index contributed by atoms with van der Waals surface area (Å²) in [5, 5.41) is 10.8. The van der Waals surface area contributed by atoms with E-state index in [0.717, 1.165) is 25.7 Å². The highest BCUT2D eigenvalue weighted by Gasteiger charge is 2.25. The Bertz CT molecular complexity index is 834. The van der Waals surface area contributed by atoms with E-state index < -0.39 is 16.1 Å². The van der Waals surface area contributed by atoms with E-state index in [4.69, 9.17) is 0 Å². The largest absolute Gasteiger partial charge is 0.388 e. The van der Waals surface area contributed by atoms with E-state index in [0.29, 0.717) is 29.4 Å². The molecular weight excluding hydrogens is 387 g/mol. The number of aliphatic hydroxyl groups is 1. The third-order valence-electron chi connectivity index (χ3n) is 4.56. The summed E-state index contributed by atoms with van der Waals surface area (Å²) in [7, 11) is -3.50. The van der Waals surface area contributed by atoms with E-state index in [1.54, 1.807) is 28.6 Å². The summed E-state index contributed by atoms with van der Waals surface area (Å²) in [4.78, 5) is 4.43. The van der Waals surface area contributed by atoms with Crippen molar-refractivity contribution in [2.24, 2.45) is 0 Å². The molecule has 1 N–H and O–H groups in total. The number of rotatable bonds is 6. The number of pyridine rings is 1. The smallest absolute Gasteiger partial charge is 0.244 e. The first-order valence-electron chi connectivity index (χ1n) is 8.99. The summed E-state index contributed by atoms with van der Waals surface area (Å²) in [6.07, 6.45) is 4.54. The summed E-state index contributed by atoms with van der Waals surface area (Å²) in [6.45, 7) is 1.12. The zero-order chi connectivity index (χ0) is 19.3. The third-order valence-corrected chi connectivity index (χ3v) is 7.46. The average molecular weight is 411 g/mol. The van der Waals surface area contributed by atoms with Crippen LogP contribution in [0.3, 0.4) is 0 Å². The number of halogens is 1. The van der Waals surface area contributed by atoms with Gasteiger partial charge < -0.3 is 5.11 Å². The normalized spacial score (nSPS) is 17.4. The zero-order valence-corrected chi connectivity index (χ0v) is 16.6. The molecule has 3 rings (SSSR count). The molecule has 0 bridgehead atoms. The minimum atomic E-state index is -3.50. The second-order valence-corrected chi connectivity index (χ2v) is 9.51. The van der Waals surface area contributed by atoms with Crippen molar-refractivity contribution in [3.05, 3.63) is 54.0 Å². The van der Waals surface area contributed by atoms with Crippen molar-refractivity contribution >= 4 is 21.8 Å². The van der Waals surface area contributed by atoms with Gasteiger partial charge in [-0.15, -0.1) is 11.8 Å². The standard InChI is InChI=1S/C19H23FN2O3S2/c20-16-7-5-15(6-8-16)18(23)14-26-19-10-9-17(13-21-19)27(24,25)22-11-3-1-2-4-12-22/h5-10,13,18,23H,1-4,11-12,14H2/t18-/m1/s1. The van der Waals surface area contributed by atoms with Crippen molar-refractivity contribution in [2.75, 3.05) is 18.8 Å². The molecule has 1 atom stereocenters. The first kappa shape index (κ1) is 20.3. The molecular formula is C19H23FN2O3S2. The molecule has 0 spiro atoms. The van der Waals surface area contributed by atoms with Crippen molar-refractivity contribution < 1.29 is 17.9 Å². The van der Waals surface area contributed by atoms with Gasteiger partial charge in [-0.25, -0.2) is 17.8 Å². The van der Waals surface area contributed by atoms with E-state index in [1.165, 1.54) is 30.1 Å². The van der Waals surface area contributed by atoms with Gasteiger partial charge >= 0.3 is 0 Å². The Morgan fingerprint density at radius 2 is 1.74 bits per heavy atom. The van der Waals surface area contributed by atoms with E-state index >= 15 is 0 Å². The number of hydrogen-bond donors (Lipinski definition) is 1. The molecule has 1 fully saturated rings. The van der Waals surface area contributed by atoms with E-state index in [2.05, 4.69) is 4.98 Å². The highest BCUT2D eigenvalue weighted by Crippen LogP contribution is 2.25. The molecule has 1 aliphatic heterocycles. The summed E-state index contributed by atoms with van der Waals surface area (Å²) in [6, 6.07) is 8.94. The fraction of sp³-hybridized carbons (Fsp3) is 0.421. The molecule has 8 heteroatoms. The summed E-state index contributed by atoms with van der Waals surface area (Å²) in [5.41, 5.74) is 0.629. The van der Waals surface area contributed by atoms with Crippen LogP contribution in [0.2, 0.25) is 0 Å². The van der Waals surface area contributed by atoms with E-state index in [-0.39, 0.29) is 10.7 Å². The SMILES string of the molecule is O=S(=O)(c1ccc(SC[C@@H](O)c2ccc(F)cc2)nc1)N1CCCCCC1. The molecule has 0 radical (unpaired) electrons. The van der Waals surface area contributed by atoms with Crippen LogP contribution >= 0.6 is 11.8 Å². The third kappa shape index (κ3) is 5.28.